The Morgan fingerprint density at radius 2 is 2.00 bits per heavy atom. The molecule has 0 saturated carbocycles. The molecule has 1 amide bonds. The van der Waals surface area contributed by atoms with Gasteiger partial charge in [0.1, 0.15) is 5.56 Å². The van der Waals surface area contributed by atoms with Gasteiger partial charge in [0.15, 0.2) is 0 Å². The number of benzene rings is 1. The first-order valence-electron chi connectivity index (χ1n) is 6.90. The van der Waals surface area contributed by atoms with E-state index in [-0.39, 0.29) is 11.5 Å². The number of aromatic carboxylic acids is 1. The third kappa shape index (κ3) is 2.42. The maximum atomic E-state index is 12.3. The number of H-pyrrole nitrogens is 1. The monoisotopic (exact) mass is 284 g/mol. The number of aromatic nitrogens is 1. The lowest BCUT2D eigenvalue weighted by molar-refractivity contribution is 0.0697. The number of carboxylic acids is 1. The molecule has 21 heavy (non-hydrogen) atoms. The summed E-state index contributed by atoms with van der Waals surface area (Å²) in [6.07, 6.45) is 4.70. The summed E-state index contributed by atoms with van der Waals surface area (Å²) in [7, 11) is 0. The number of aromatic amines is 1. The molecule has 0 radical (unpaired) electrons. The van der Waals surface area contributed by atoms with Gasteiger partial charge in [-0.3, -0.25) is 4.79 Å². The van der Waals surface area contributed by atoms with E-state index in [0.29, 0.717) is 16.9 Å². The van der Waals surface area contributed by atoms with Gasteiger partial charge in [0.2, 0.25) is 0 Å². The summed E-state index contributed by atoms with van der Waals surface area (Å²) in [6, 6.07) is 5.68. The van der Waals surface area contributed by atoms with Crippen LogP contribution in [0.25, 0.3) is 0 Å². The van der Waals surface area contributed by atoms with Crippen molar-refractivity contribution in [3.8, 4) is 0 Å². The lowest BCUT2D eigenvalue weighted by Crippen LogP contribution is -2.14. The topological polar surface area (TPSA) is 82.2 Å². The number of nitrogens with one attached hydrogen (secondary N) is 2. The van der Waals surface area contributed by atoms with Crippen LogP contribution in [0.1, 0.15) is 44.0 Å². The molecule has 1 aliphatic rings. The molecule has 108 valence electrons. The maximum Gasteiger partial charge on any atom is 0.339 e. The highest BCUT2D eigenvalue weighted by molar-refractivity contribution is 6.08. The second-order valence-electron chi connectivity index (χ2n) is 5.30. The summed E-state index contributed by atoms with van der Waals surface area (Å²) >= 11 is 0. The first-order chi connectivity index (χ1) is 10.1. The Kier molecular flexibility index (Phi) is 3.25. The summed E-state index contributed by atoms with van der Waals surface area (Å²) in [5, 5.41) is 11.8. The number of fused-ring (bicyclic) bond motifs is 1. The molecule has 1 heterocycles. The SMILES string of the molecule is Cc1[nH]cc(NC(=O)c2ccc3c(c2)CCC3)c1C(=O)O. The van der Waals surface area contributed by atoms with Gasteiger partial charge in [-0.25, -0.2) is 4.79 Å². The number of carboxylic acid groups (broad SMARTS) is 1. The van der Waals surface area contributed by atoms with Crippen LogP contribution in [0.4, 0.5) is 5.69 Å². The van der Waals surface area contributed by atoms with Gasteiger partial charge in [-0.05, 0) is 49.4 Å². The minimum atomic E-state index is -1.06. The van der Waals surface area contributed by atoms with Gasteiger partial charge in [0.25, 0.3) is 5.91 Å². The van der Waals surface area contributed by atoms with Crippen LogP contribution < -0.4 is 5.32 Å². The van der Waals surface area contributed by atoms with Crippen molar-refractivity contribution >= 4 is 17.6 Å². The molecular formula is C16H16N2O3. The lowest BCUT2D eigenvalue weighted by Gasteiger charge is -2.07. The average Bonchev–Trinajstić information content (AvgIpc) is 3.04. The summed E-state index contributed by atoms with van der Waals surface area (Å²) in [5.41, 5.74) is 3.99. The largest absolute Gasteiger partial charge is 0.478 e. The minimum Gasteiger partial charge on any atom is -0.478 e. The highest BCUT2D eigenvalue weighted by atomic mass is 16.4. The zero-order valence-corrected chi connectivity index (χ0v) is 11.7. The van der Waals surface area contributed by atoms with Crippen molar-refractivity contribution in [3.05, 3.63) is 52.3 Å². The van der Waals surface area contributed by atoms with Crippen molar-refractivity contribution in [1.29, 1.82) is 0 Å². The van der Waals surface area contributed by atoms with Crippen molar-refractivity contribution in [2.45, 2.75) is 26.2 Å². The second-order valence-corrected chi connectivity index (χ2v) is 5.30. The predicted octanol–water partition coefficient (Wildman–Crippen LogP) is 2.76. The second kappa shape index (κ2) is 5.09. The summed E-state index contributed by atoms with van der Waals surface area (Å²) in [4.78, 5) is 26.3. The van der Waals surface area contributed by atoms with Crippen LogP contribution in [0.3, 0.4) is 0 Å². The quantitative estimate of drug-likeness (QED) is 0.810. The fourth-order valence-electron chi connectivity index (χ4n) is 2.81. The van der Waals surface area contributed by atoms with Crippen LogP contribution in [0.15, 0.2) is 24.4 Å². The van der Waals surface area contributed by atoms with E-state index in [2.05, 4.69) is 10.3 Å². The fourth-order valence-corrected chi connectivity index (χ4v) is 2.81. The summed E-state index contributed by atoms with van der Waals surface area (Å²) in [5.74, 6) is -1.34. The van der Waals surface area contributed by atoms with E-state index >= 15 is 0 Å². The van der Waals surface area contributed by atoms with E-state index < -0.39 is 5.97 Å². The molecular weight excluding hydrogens is 268 g/mol. The van der Waals surface area contributed by atoms with Gasteiger partial charge in [-0.1, -0.05) is 6.07 Å². The molecule has 5 heteroatoms. The fraction of sp³-hybridized carbons (Fsp3) is 0.250. The van der Waals surface area contributed by atoms with Crippen LogP contribution in [-0.2, 0) is 12.8 Å². The van der Waals surface area contributed by atoms with E-state index in [4.69, 9.17) is 0 Å². The van der Waals surface area contributed by atoms with Crippen molar-refractivity contribution < 1.29 is 14.7 Å². The molecule has 0 atom stereocenters. The molecule has 0 fully saturated rings. The number of aryl methyl sites for hydroxylation is 3. The lowest BCUT2D eigenvalue weighted by atomic mass is 10.1. The van der Waals surface area contributed by atoms with Crippen LogP contribution in [0.5, 0.6) is 0 Å². The Morgan fingerprint density at radius 1 is 1.24 bits per heavy atom. The predicted molar refractivity (Wildman–Crippen MR) is 78.9 cm³/mol. The highest BCUT2D eigenvalue weighted by Gasteiger charge is 2.19. The van der Waals surface area contributed by atoms with Gasteiger partial charge in [-0.2, -0.15) is 0 Å². The van der Waals surface area contributed by atoms with Crippen LogP contribution in [-0.4, -0.2) is 22.0 Å². The average molecular weight is 284 g/mol. The van der Waals surface area contributed by atoms with Gasteiger partial charge in [-0.15, -0.1) is 0 Å². The Morgan fingerprint density at radius 3 is 2.76 bits per heavy atom. The third-order valence-electron chi connectivity index (χ3n) is 3.90. The first kappa shape index (κ1) is 13.4. The zero-order chi connectivity index (χ0) is 15.0. The van der Waals surface area contributed by atoms with E-state index in [1.165, 1.54) is 17.3 Å². The number of amides is 1. The number of anilines is 1. The Labute approximate surface area is 122 Å². The third-order valence-corrected chi connectivity index (χ3v) is 3.90. The molecule has 1 aromatic carbocycles. The van der Waals surface area contributed by atoms with Crippen molar-refractivity contribution in [1.82, 2.24) is 4.98 Å². The molecule has 3 N–H and O–H groups in total. The summed E-state index contributed by atoms with van der Waals surface area (Å²) < 4.78 is 0. The van der Waals surface area contributed by atoms with Crippen LogP contribution in [0, 0.1) is 6.92 Å². The standard InChI is InChI=1S/C16H16N2O3/c1-9-14(16(20)21)13(8-17-9)18-15(19)12-6-5-10-3-2-4-11(10)7-12/h5-8,17H,2-4H2,1H3,(H,18,19)(H,20,21). The van der Waals surface area contributed by atoms with Gasteiger partial charge < -0.3 is 15.4 Å². The van der Waals surface area contributed by atoms with E-state index in [1.54, 1.807) is 13.0 Å². The molecule has 3 rings (SSSR count). The van der Waals surface area contributed by atoms with Crippen molar-refractivity contribution in [3.63, 3.8) is 0 Å². The molecule has 0 spiro atoms. The molecule has 2 aromatic rings. The normalized spacial score (nSPS) is 13.0. The molecule has 5 nitrogen and oxygen atoms in total. The van der Waals surface area contributed by atoms with E-state index in [0.717, 1.165) is 19.3 Å². The highest BCUT2D eigenvalue weighted by Crippen LogP contribution is 2.24. The smallest absolute Gasteiger partial charge is 0.339 e. The Balaban J connectivity index is 1.85. The molecule has 1 aromatic heterocycles. The van der Waals surface area contributed by atoms with Crippen LogP contribution in [0.2, 0.25) is 0 Å². The Bertz CT molecular complexity index is 731. The number of carbonyl (C=O) groups excluding carboxylic acids is 1. The number of hydrogen-bond acceptors (Lipinski definition) is 2. The molecule has 1 aliphatic carbocycles. The van der Waals surface area contributed by atoms with Gasteiger partial charge in [0.05, 0.1) is 5.69 Å². The molecule has 0 unspecified atom stereocenters. The maximum absolute atomic E-state index is 12.3. The molecule has 0 saturated heterocycles. The summed E-state index contributed by atoms with van der Waals surface area (Å²) in [6.45, 7) is 1.66. The minimum absolute atomic E-state index is 0.101. The molecule has 0 bridgehead atoms. The van der Waals surface area contributed by atoms with E-state index in [1.807, 2.05) is 12.1 Å². The number of carbonyl (C=O) groups is 2. The van der Waals surface area contributed by atoms with Gasteiger partial charge in [0, 0.05) is 17.5 Å². The Hall–Kier alpha value is -2.56. The van der Waals surface area contributed by atoms with Crippen molar-refractivity contribution in [2.75, 3.05) is 5.32 Å². The van der Waals surface area contributed by atoms with Crippen LogP contribution >= 0.6 is 0 Å². The van der Waals surface area contributed by atoms with Crippen molar-refractivity contribution in [2.24, 2.45) is 0 Å². The first-order valence-corrected chi connectivity index (χ1v) is 6.90. The zero-order valence-electron chi connectivity index (χ0n) is 11.7. The van der Waals surface area contributed by atoms with Gasteiger partial charge >= 0.3 is 5.97 Å². The number of hydrogen-bond donors (Lipinski definition) is 3. The number of rotatable bonds is 3. The molecule has 0 aliphatic heterocycles. The van der Waals surface area contributed by atoms with E-state index in [9.17, 15) is 14.7 Å².